The molecule has 3 aromatic carbocycles. The second kappa shape index (κ2) is 12.9. The Hall–Kier alpha value is -2.87. The van der Waals surface area contributed by atoms with E-state index in [0.29, 0.717) is 12.3 Å². The number of halogens is 1. The van der Waals surface area contributed by atoms with Gasteiger partial charge in [0.15, 0.2) is 9.84 Å². The molecular formula is C28H33ClN2O4S. The Morgan fingerprint density at radius 1 is 0.861 bits per heavy atom. The maximum absolute atomic E-state index is 12.5. The molecule has 8 heteroatoms. The van der Waals surface area contributed by atoms with Gasteiger partial charge >= 0.3 is 0 Å². The summed E-state index contributed by atoms with van der Waals surface area (Å²) in [5.74, 6) is 1.66. The van der Waals surface area contributed by atoms with Gasteiger partial charge in [-0.1, -0.05) is 54.6 Å². The topological polar surface area (TPSA) is 75.7 Å². The van der Waals surface area contributed by atoms with Crippen molar-refractivity contribution in [2.45, 2.75) is 31.7 Å². The number of carbonyl (C=O) groups excluding carboxylic acids is 1. The number of sulfone groups is 1. The summed E-state index contributed by atoms with van der Waals surface area (Å²) in [5.41, 5.74) is 3.06. The molecule has 6 nitrogen and oxygen atoms in total. The number of carbonyl (C=O) groups is 1. The van der Waals surface area contributed by atoms with Gasteiger partial charge in [-0.25, -0.2) is 8.42 Å². The second-order valence-electron chi connectivity index (χ2n) is 9.21. The first-order chi connectivity index (χ1) is 16.8. The van der Waals surface area contributed by atoms with E-state index in [1.165, 1.54) is 11.8 Å². The van der Waals surface area contributed by atoms with Crippen LogP contribution < -0.4 is 10.1 Å². The van der Waals surface area contributed by atoms with Crippen molar-refractivity contribution in [3.8, 4) is 11.5 Å². The smallest absolute Gasteiger partial charge is 0.223 e. The highest BCUT2D eigenvalue weighted by Crippen LogP contribution is 2.24. The van der Waals surface area contributed by atoms with Gasteiger partial charge in [-0.05, 0) is 66.9 Å². The van der Waals surface area contributed by atoms with Crippen LogP contribution in [0, 0.1) is 5.92 Å². The average molecular weight is 529 g/mol. The number of hydrogen-bond donors (Lipinski definition) is 1. The lowest BCUT2D eigenvalue weighted by Crippen LogP contribution is -2.40. The monoisotopic (exact) mass is 528 g/mol. The standard InChI is InChI=1S/C28H32N2O4S.ClH/c1-35(32,33)21-24-9-13-27(14-10-24)34-26-11-7-23(8-12-26)20-30-17-15-25(16-18-30)28(31)29-19-22-5-3-2-4-6-22;/h2-14,25H,15-21H2,1H3,(H,29,31);1H. The predicted octanol–water partition coefficient (Wildman–Crippen LogP) is 4.97. The zero-order valence-corrected chi connectivity index (χ0v) is 22.1. The number of piperidine rings is 1. The van der Waals surface area contributed by atoms with Crippen molar-refractivity contribution in [1.29, 1.82) is 0 Å². The Bertz CT molecular complexity index is 1210. The van der Waals surface area contributed by atoms with Crippen LogP contribution in [0.4, 0.5) is 0 Å². The van der Waals surface area contributed by atoms with Crippen LogP contribution in [0.5, 0.6) is 11.5 Å². The third kappa shape index (κ3) is 8.66. The van der Waals surface area contributed by atoms with Gasteiger partial charge in [0, 0.05) is 25.3 Å². The summed E-state index contributed by atoms with van der Waals surface area (Å²) < 4.78 is 28.7. The molecule has 1 amide bonds. The summed E-state index contributed by atoms with van der Waals surface area (Å²) in [6, 6.07) is 25.1. The van der Waals surface area contributed by atoms with Gasteiger partial charge in [0.1, 0.15) is 11.5 Å². The molecule has 1 fully saturated rings. The molecule has 0 spiro atoms. The number of ether oxygens (including phenoxy) is 1. The van der Waals surface area contributed by atoms with E-state index in [2.05, 4.69) is 22.3 Å². The zero-order chi connectivity index (χ0) is 24.7. The fourth-order valence-corrected chi connectivity index (χ4v) is 5.09. The van der Waals surface area contributed by atoms with Crippen LogP contribution in [-0.2, 0) is 33.5 Å². The number of benzene rings is 3. The maximum Gasteiger partial charge on any atom is 0.223 e. The highest BCUT2D eigenvalue weighted by Gasteiger charge is 2.24. The third-order valence-electron chi connectivity index (χ3n) is 6.19. The van der Waals surface area contributed by atoms with E-state index in [1.807, 2.05) is 42.5 Å². The second-order valence-corrected chi connectivity index (χ2v) is 11.4. The lowest BCUT2D eigenvalue weighted by molar-refractivity contribution is -0.126. The summed E-state index contributed by atoms with van der Waals surface area (Å²) in [4.78, 5) is 14.9. The van der Waals surface area contributed by atoms with Crippen molar-refractivity contribution < 1.29 is 17.9 Å². The van der Waals surface area contributed by atoms with Gasteiger partial charge in [-0.2, -0.15) is 0 Å². The Kier molecular flexibility index (Phi) is 9.93. The summed E-state index contributed by atoms with van der Waals surface area (Å²) in [7, 11) is -3.05. The Balaban J connectivity index is 0.00000361. The predicted molar refractivity (Wildman–Crippen MR) is 145 cm³/mol. The molecule has 192 valence electrons. The number of rotatable bonds is 9. The number of hydrogen-bond acceptors (Lipinski definition) is 5. The van der Waals surface area contributed by atoms with Gasteiger partial charge < -0.3 is 10.1 Å². The minimum absolute atomic E-state index is 0. The van der Waals surface area contributed by atoms with Gasteiger partial charge in [0.05, 0.1) is 5.75 Å². The summed E-state index contributed by atoms with van der Waals surface area (Å²) in [6.45, 7) is 3.24. The summed E-state index contributed by atoms with van der Waals surface area (Å²) in [6.07, 6.45) is 2.97. The first-order valence-electron chi connectivity index (χ1n) is 11.9. The molecule has 0 bridgehead atoms. The first kappa shape index (κ1) is 27.7. The van der Waals surface area contributed by atoms with Crippen LogP contribution in [0.2, 0.25) is 0 Å². The average Bonchev–Trinajstić information content (AvgIpc) is 2.85. The molecule has 3 aromatic rings. The zero-order valence-electron chi connectivity index (χ0n) is 20.4. The molecular weight excluding hydrogens is 496 g/mol. The molecule has 0 radical (unpaired) electrons. The first-order valence-corrected chi connectivity index (χ1v) is 14.0. The van der Waals surface area contributed by atoms with Crippen LogP contribution in [0.3, 0.4) is 0 Å². The van der Waals surface area contributed by atoms with Crippen molar-refractivity contribution in [2.24, 2.45) is 5.92 Å². The van der Waals surface area contributed by atoms with Crippen molar-refractivity contribution >= 4 is 28.2 Å². The van der Waals surface area contributed by atoms with Crippen LogP contribution >= 0.6 is 12.4 Å². The van der Waals surface area contributed by atoms with Crippen LogP contribution in [0.25, 0.3) is 0 Å². The molecule has 0 atom stereocenters. The molecule has 36 heavy (non-hydrogen) atoms. The largest absolute Gasteiger partial charge is 0.457 e. The quantitative estimate of drug-likeness (QED) is 0.424. The third-order valence-corrected chi connectivity index (χ3v) is 7.04. The van der Waals surface area contributed by atoms with E-state index in [1.54, 1.807) is 24.3 Å². The molecule has 1 aliphatic heterocycles. The maximum atomic E-state index is 12.5. The molecule has 4 rings (SSSR count). The Morgan fingerprint density at radius 3 is 1.97 bits per heavy atom. The lowest BCUT2D eigenvalue weighted by Gasteiger charge is -2.31. The number of amides is 1. The number of nitrogens with zero attached hydrogens (tertiary/aromatic N) is 1. The normalized spacial score (nSPS) is 14.6. The van der Waals surface area contributed by atoms with E-state index in [4.69, 9.17) is 4.74 Å². The van der Waals surface area contributed by atoms with Crippen LogP contribution in [0.1, 0.15) is 29.5 Å². The molecule has 1 aliphatic rings. The van der Waals surface area contributed by atoms with Crippen molar-refractivity contribution in [3.63, 3.8) is 0 Å². The van der Waals surface area contributed by atoms with Gasteiger partial charge in [0.2, 0.25) is 5.91 Å². The Labute approximate surface area is 220 Å². The van der Waals surface area contributed by atoms with Crippen molar-refractivity contribution in [3.05, 3.63) is 95.6 Å². The lowest BCUT2D eigenvalue weighted by atomic mass is 9.95. The van der Waals surface area contributed by atoms with Crippen molar-refractivity contribution in [1.82, 2.24) is 10.2 Å². The van der Waals surface area contributed by atoms with Crippen LogP contribution in [0.15, 0.2) is 78.9 Å². The fraction of sp³-hybridized carbons (Fsp3) is 0.321. The highest BCUT2D eigenvalue weighted by atomic mass is 35.5. The molecule has 0 aromatic heterocycles. The Morgan fingerprint density at radius 2 is 1.42 bits per heavy atom. The fourth-order valence-electron chi connectivity index (χ4n) is 4.30. The number of likely N-dealkylation sites (tertiary alicyclic amines) is 1. The van der Waals surface area contributed by atoms with Gasteiger partial charge in [-0.15, -0.1) is 12.4 Å². The van der Waals surface area contributed by atoms with Gasteiger partial charge in [-0.3, -0.25) is 9.69 Å². The van der Waals surface area contributed by atoms with E-state index in [0.717, 1.165) is 49.4 Å². The molecule has 0 saturated carbocycles. The molecule has 0 aliphatic carbocycles. The van der Waals surface area contributed by atoms with E-state index < -0.39 is 9.84 Å². The molecule has 1 N–H and O–H groups in total. The van der Waals surface area contributed by atoms with E-state index >= 15 is 0 Å². The SMILES string of the molecule is CS(=O)(=O)Cc1ccc(Oc2ccc(CN3CCC(C(=O)NCc4ccccc4)CC3)cc2)cc1.Cl. The molecule has 1 saturated heterocycles. The van der Waals surface area contributed by atoms with Crippen molar-refractivity contribution in [2.75, 3.05) is 19.3 Å². The highest BCUT2D eigenvalue weighted by molar-refractivity contribution is 7.89. The van der Waals surface area contributed by atoms with Gasteiger partial charge in [0.25, 0.3) is 0 Å². The van der Waals surface area contributed by atoms with E-state index in [9.17, 15) is 13.2 Å². The minimum Gasteiger partial charge on any atom is -0.457 e. The summed E-state index contributed by atoms with van der Waals surface area (Å²) >= 11 is 0. The van der Waals surface area contributed by atoms with E-state index in [-0.39, 0.29) is 30.0 Å². The van der Waals surface area contributed by atoms with Crippen LogP contribution in [-0.4, -0.2) is 38.6 Å². The molecule has 0 unspecified atom stereocenters. The summed E-state index contributed by atoms with van der Waals surface area (Å²) in [5, 5.41) is 3.07. The minimum atomic E-state index is -3.05. The molecule has 1 heterocycles. The number of nitrogens with one attached hydrogen (secondary N) is 1.